The van der Waals surface area contributed by atoms with Gasteiger partial charge in [0.05, 0.1) is 13.7 Å². The molecule has 4 rings (SSSR count). The van der Waals surface area contributed by atoms with Gasteiger partial charge >= 0.3 is 0 Å². The van der Waals surface area contributed by atoms with Gasteiger partial charge in [0, 0.05) is 6.07 Å². The highest BCUT2D eigenvalue weighted by atomic mass is 19.2. The highest BCUT2D eigenvalue weighted by Gasteiger charge is 2.30. The Hall–Kier alpha value is -2.17. The smallest absolute Gasteiger partial charge is 0.168 e. The van der Waals surface area contributed by atoms with E-state index in [1.165, 1.54) is 38.9 Å². The molecule has 0 amide bonds. The standard InChI is InChI=1S/C31H41F3O2/c1-3-4-5-6-21-7-11-23(12-8-21)26-16-17-27(31(34)30(26)33)24-13-9-22(10-14-24)20-36-25-15-18-29(35-2)28(32)19-25/h15-19,21-24H,3-14,20H2,1-2H3. The number of hydrogen-bond acceptors (Lipinski definition) is 2. The van der Waals surface area contributed by atoms with Crippen LogP contribution in [0.1, 0.15) is 107 Å². The average Bonchev–Trinajstić information content (AvgIpc) is 2.90. The maximum absolute atomic E-state index is 15.2. The zero-order chi connectivity index (χ0) is 25.5. The van der Waals surface area contributed by atoms with E-state index in [4.69, 9.17) is 9.47 Å². The van der Waals surface area contributed by atoms with Crippen LogP contribution in [0.3, 0.4) is 0 Å². The van der Waals surface area contributed by atoms with Crippen LogP contribution >= 0.6 is 0 Å². The quantitative estimate of drug-likeness (QED) is 0.301. The monoisotopic (exact) mass is 502 g/mol. The van der Waals surface area contributed by atoms with Crippen molar-refractivity contribution in [3.63, 3.8) is 0 Å². The van der Waals surface area contributed by atoms with Gasteiger partial charge in [-0.1, -0.05) is 44.7 Å². The molecule has 0 spiro atoms. The van der Waals surface area contributed by atoms with Crippen LogP contribution in [-0.2, 0) is 0 Å². The highest BCUT2D eigenvalue weighted by Crippen LogP contribution is 2.42. The van der Waals surface area contributed by atoms with E-state index in [2.05, 4.69) is 6.92 Å². The van der Waals surface area contributed by atoms with Gasteiger partial charge in [-0.3, -0.25) is 0 Å². The van der Waals surface area contributed by atoms with E-state index in [1.54, 1.807) is 12.1 Å². The third kappa shape index (κ3) is 6.58. The number of methoxy groups -OCH3 is 1. The van der Waals surface area contributed by atoms with Gasteiger partial charge in [0.1, 0.15) is 5.75 Å². The lowest BCUT2D eigenvalue weighted by Crippen LogP contribution is -2.20. The first-order valence-corrected chi connectivity index (χ1v) is 13.9. The Morgan fingerprint density at radius 3 is 1.86 bits per heavy atom. The van der Waals surface area contributed by atoms with Gasteiger partial charge in [0.15, 0.2) is 23.2 Å². The maximum atomic E-state index is 15.2. The molecule has 0 atom stereocenters. The molecule has 0 unspecified atom stereocenters. The van der Waals surface area contributed by atoms with Crippen molar-refractivity contribution in [1.82, 2.24) is 0 Å². The molecule has 2 nitrogen and oxygen atoms in total. The second kappa shape index (κ2) is 12.9. The van der Waals surface area contributed by atoms with E-state index in [0.717, 1.165) is 57.3 Å². The summed E-state index contributed by atoms with van der Waals surface area (Å²) in [5.41, 5.74) is 1.11. The molecule has 5 heteroatoms. The summed E-state index contributed by atoms with van der Waals surface area (Å²) in [5, 5.41) is 0. The third-order valence-corrected chi connectivity index (χ3v) is 8.54. The molecule has 2 aromatic carbocycles. The molecule has 0 aliphatic heterocycles. The second-order valence-corrected chi connectivity index (χ2v) is 10.9. The Bertz CT molecular complexity index is 976. The van der Waals surface area contributed by atoms with Crippen LogP contribution in [0.2, 0.25) is 0 Å². The molecule has 0 bridgehead atoms. The average molecular weight is 503 g/mol. The van der Waals surface area contributed by atoms with E-state index < -0.39 is 17.5 Å². The third-order valence-electron chi connectivity index (χ3n) is 8.54. The molecule has 0 saturated heterocycles. The van der Waals surface area contributed by atoms with Gasteiger partial charge in [0.25, 0.3) is 0 Å². The van der Waals surface area contributed by atoms with Gasteiger partial charge in [-0.15, -0.1) is 0 Å². The maximum Gasteiger partial charge on any atom is 0.168 e. The van der Waals surface area contributed by atoms with Crippen LogP contribution in [-0.4, -0.2) is 13.7 Å². The second-order valence-electron chi connectivity index (χ2n) is 10.9. The van der Waals surface area contributed by atoms with Crippen molar-refractivity contribution >= 4 is 0 Å². The SMILES string of the molecule is CCCCCC1CCC(c2ccc(C3CCC(COc4ccc(OC)c(F)c4)CC3)c(F)c2F)CC1. The van der Waals surface area contributed by atoms with Crippen LogP contribution < -0.4 is 9.47 Å². The van der Waals surface area contributed by atoms with Crippen LogP contribution in [0.4, 0.5) is 13.2 Å². The predicted molar refractivity (Wildman–Crippen MR) is 138 cm³/mol. The Morgan fingerprint density at radius 2 is 1.33 bits per heavy atom. The van der Waals surface area contributed by atoms with Gasteiger partial charge < -0.3 is 9.47 Å². The predicted octanol–water partition coefficient (Wildman–Crippen LogP) is 9.32. The summed E-state index contributed by atoms with van der Waals surface area (Å²) in [6, 6.07) is 8.31. The molecular weight excluding hydrogens is 461 g/mol. The molecule has 2 aromatic rings. The lowest BCUT2D eigenvalue weighted by atomic mass is 9.75. The largest absolute Gasteiger partial charge is 0.494 e. The minimum absolute atomic E-state index is 0.0394. The van der Waals surface area contributed by atoms with Crippen molar-refractivity contribution < 1.29 is 22.6 Å². The molecule has 198 valence electrons. The molecule has 2 aliphatic carbocycles. The van der Waals surface area contributed by atoms with E-state index in [1.807, 2.05) is 12.1 Å². The summed E-state index contributed by atoms with van der Waals surface area (Å²) in [5.74, 6) is 0.241. The van der Waals surface area contributed by atoms with Crippen molar-refractivity contribution in [3.8, 4) is 11.5 Å². The molecule has 0 aromatic heterocycles. The van der Waals surface area contributed by atoms with E-state index in [-0.39, 0.29) is 17.6 Å². The summed E-state index contributed by atoms with van der Waals surface area (Å²) in [6.07, 6.45) is 12.7. The van der Waals surface area contributed by atoms with Gasteiger partial charge in [-0.25, -0.2) is 13.2 Å². The number of unbranched alkanes of at least 4 members (excludes halogenated alkanes) is 2. The van der Waals surface area contributed by atoms with Crippen molar-refractivity contribution in [1.29, 1.82) is 0 Å². The zero-order valence-electron chi connectivity index (χ0n) is 21.8. The van der Waals surface area contributed by atoms with E-state index in [0.29, 0.717) is 29.4 Å². The minimum atomic E-state index is -0.633. The number of hydrogen-bond donors (Lipinski definition) is 0. The van der Waals surface area contributed by atoms with E-state index >= 15 is 8.78 Å². The number of rotatable bonds is 10. The summed E-state index contributed by atoms with van der Waals surface area (Å²) < 4.78 is 55.0. The Kier molecular flexibility index (Phi) is 9.61. The molecule has 2 saturated carbocycles. The van der Waals surface area contributed by atoms with Crippen molar-refractivity contribution in [2.24, 2.45) is 11.8 Å². The van der Waals surface area contributed by atoms with Crippen LogP contribution in [0, 0.1) is 29.3 Å². The first-order chi connectivity index (χ1) is 17.5. The van der Waals surface area contributed by atoms with E-state index in [9.17, 15) is 4.39 Å². The Morgan fingerprint density at radius 1 is 0.750 bits per heavy atom. The lowest BCUT2D eigenvalue weighted by Gasteiger charge is -2.31. The highest BCUT2D eigenvalue weighted by molar-refractivity contribution is 5.33. The first-order valence-electron chi connectivity index (χ1n) is 13.9. The molecule has 2 aliphatic rings. The molecule has 0 radical (unpaired) electrons. The van der Waals surface area contributed by atoms with Crippen molar-refractivity contribution in [2.45, 2.75) is 95.8 Å². The van der Waals surface area contributed by atoms with Crippen LogP contribution in [0.15, 0.2) is 30.3 Å². The summed E-state index contributed by atoms with van der Waals surface area (Å²) in [4.78, 5) is 0. The summed E-state index contributed by atoms with van der Waals surface area (Å²) in [6.45, 7) is 2.72. The lowest BCUT2D eigenvalue weighted by molar-refractivity contribution is 0.198. The molecule has 36 heavy (non-hydrogen) atoms. The van der Waals surface area contributed by atoms with Gasteiger partial charge in [-0.05, 0) is 98.3 Å². The zero-order valence-corrected chi connectivity index (χ0v) is 21.8. The number of ether oxygens (including phenoxy) is 2. The fraction of sp³-hybridized carbons (Fsp3) is 0.613. The van der Waals surface area contributed by atoms with Gasteiger partial charge in [-0.2, -0.15) is 0 Å². The Balaban J connectivity index is 1.28. The summed E-state index contributed by atoms with van der Waals surface area (Å²) >= 11 is 0. The number of halogens is 3. The minimum Gasteiger partial charge on any atom is -0.494 e. The first kappa shape index (κ1) is 26.9. The molecule has 0 N–H and O–H groups in total. The molecule has 2 fully saturated rings. The van der Waals surface area contributed by atoms with Crippen LogP contribution in [0.25, 0.3) is 0 Å². The van der Waals surface area contributed by atoms with Crippen molar-refractivity contribution in [2.75, 3.05) is 13.7 Å². The topological polar surface area (TPSA) is 18.5 Å². The van der Waals surface area contributed by atoms with Crippen LogP contribution in [0.5, 0.6) is 11.5 Å². The van der Waals surface area contributed by atoms with Gasteiger partial charge in [0.2, 0.25) is 0 Å². The summed E-state index contributed by atoms with van der Waals surface area (Å²) in [7, 11) is 1.43. The fourth-order valence-electron chi connectivity index (χ4n) is 6.25. The molecule has 0 heterocycles. The normalized spacial score (nSPS) is 24.5. The van der Waals surface area contributed by atoms with Crippen molar-refractivity contribution in [3.05, 3.63) is 58.9 Å². The molecular formula is C31H41F3O2. The number of benzene rings is 2. The fourth-order valence-corrected chi connectivity index (χ4v) is 6.25. The Labute approximate surface area is 214 Å².